The van der Waals surface area contributed by atoms with E-state index >= 15 is 0 Å². The molecule has 2 aromatic rings. The topological polar surface area (TPSA) is 25.8 Å². The van der Waals surface area contributed by atoms with Crippen LogP contribution >= 0.6 is 11.6 Å². The molecule has 0 atom stereocenters. The summed E-state index contributed by atoms with van der Waals surface area (Å²) in [7, 11) is 0. The van der Waals surface area contributed by atoms with Gasteiger partial charge in [0.2, 0.25) is 0 Å². The van der Waals surface area contributed by atoms with Crippen molar-refractivity contribution < 1.29 is 8.78 Å². The first-order valence-electron chi connectivity index (χ1n) is 5.19. The minimum atomic E-state index is -0.889. The Kier molecular flexibility index (Phi) is 3.67. The number of benzene rings is 1. The zero-order valence-electron chi connectivity index (χ0n) is 9.49. The largest absolute Gasteiger partial charge is 0.234 e. The summed E-state index contributed by atoms with van der Waals surface area (Å²) in [5.41, 5.74) is 1.26. The van der Waals surface area contributed by atoms with Gasteiger partial charge in [0.15, 0.2) is 17.5 Å². The van der Waals surface area contributed by atoms with Crippen molar-refractivity contribution in [2.45, 2.75) is 6.92 Å². The Morgan fingerprint density at radius 1 is 1.06 bits per heavy atom. The number of rotatable bonds is 2. The van der Waals surface area contributed by atoms with Gasteiger partial charge in [0.1, 0.15) is 5.15 Å². The average Bonchev–Trinajstić information content (AvgIpc) is 2.29. The van der Waals surface area contributed by atoms with Crippen molar-refractivity contribution >= 4 is 23.8 Å². The van der Waals surface area contributed by atoms with Gasteiger partial charge in [0, 0.05) is 5.69 Å². The maximum absolute atomic E-state index is 13.0. The highest BCUT2D eigenvalue weighted by Gasteiger charge is 2.01. The summed E-state index contributed by atoms with van der Waals surface area (Å²) in [6.45, 7) is 1.79. The Morgan fingerprint density at radius 3 is 2.50 bits per heavy atom. The van der Waals surface area contributed by atoms with Crippen LogP contribution in [0, 0.1) is 18.6 Å². The van der Waals surface area contributed by atoms with Crippen LogP contribution in [-0.2, 0) is 0 Å². The van der Waals surface area contributed by atoms with Crippen molar-refractivity contribution in [3.63, 3.8) is 0 Å². The molecule has 0 bridgehead atoms. The molecule has 1 heterocycles. The van der Waals surface area contributed by atoms with E-state index in [2.05, 4.69) is 9.97 Å². The molecule has 2 nitrogen and oxygen atoms in total. The van der Waals surface area contributed by atoms with E-state index in [-0.39, 0.29) is 0 Å². The fourth-order valence-corrected chi connectivity index (χ4v) is 1.66. The van der Waals surface area contributed by atoms with Crippen LogP contribution in [0.15, 0.2) is 24.3 Å². The van der Waals surface area contributed by atoms with E-state index in [9.17, 15) is 8.78 Å². The number of aromatic nitrogens is 2. The minimum Gasteiger partial charge on any atom is -0.234 e. The van der Waals surface area contributed by atoms with Crippen LogP contribution in [0.25, 0.3) is 12.2 Å². The summed E-state index contributed by atoms with van der Waals surface area (Å²) in [6, 6.07) is 5.27. The molecule has 92 valence electrons. The summed E-state index contributed by atoms with van der Waals surface area (Å²) in [6.07, 6.45) is 3.18. The molecule has 0 aliphatic heterocycles. The smallest absolute Gasteiger partial charge is 0.159 e. The molecule has 0 fully saturated rings. The highest BCUT2D eigenvalue weighted by molar-refractivity contribution is 6.29. The molecule has 0 saturated heterocycles. The summed E-state index contributed by atoms with van der Waals surface area (Å²) in [4.78, 5) is 8.13. The molecule has 0 aliphatic carbocycles. The Bertz CT molecular complexity index is 592. The lowest BCUT2D eigenvalue weighted by Crippen LogP contribution is -1.90. The zero-order valence-corrected chi connectivity index (χ0v) is 10.2. The van der Waals surface area contributed by atoms with Gasteiger partial charge in [0.05, 0.1) is 0 Å². The van der Waals surface area contributed by atoms with E-state index in [0.717, 1.165) is 17.8 Å². The first-order valence-corrected chi connectivity index (χ1v) is 5.57. The number of hydrogen-bond donors (Lipinski definition) is 0. The molecule has 2 rings (SSSR count). The van der Waals surface area contributed by atoms with E-state index in [1.165, 1.54) is 6.07 Å². The van der Waals surface area contributed by atoms with Crippen LogP contribution < -0.4 is 0 Å². The fraction of sp³-hybridized carbons (Fsp3) is 0.0769. The molecule has 0 aliphatic rings. The van der Waals surface area contributed by atoms with Crippen molar-refractivity contribution in [3.8, 4) is 0 Å². The lowest BCUT2D eigenvalue weighted by molar-refractivity contribution is 0.508. The predicted octanol–water partition coefficient (Wildman–Crippen LogP) is 3.89. The third-order valence-electron chi connectivity index (χ3n) is 2.21. The quantitative estimate of drug-likeness (QED) is 0.771. The second-order valence-electron chi connectivity index (χ2n) is 3.70. The molecule has 1 aromatic heterocycles. The molecule has 5 heteroatoms. The first kappa shape index (κ1) is 12.6. The van der Waals surface area contributed by atoms with Gasteiger partial charge in [-0.1, -0.05) is 23.7 Å². The minimum absolute atomic E-state index is 0.340. The number of hydrogen-bond acceptors (Lipinski definition) is 2. The molecule has 0 radical (unpaired) electrons. The summed E-state index contributed by atoms with van der Waals surface area (Å²) >= 11 is 5.78. The van der Waals surface area contributed by atoms with Crippen LogP contribution in [-0.4, -0.2) is 9.97 Å². The number of halogens is 3. The predicted molar refractivity (Wildman–Crippen MR) is 67.1 cm³/mol. The lowest BCUT2D eigenvalue weighted by Gasteiger charge is -1.98. The Balaban J connectivity index is 2.27. The molecular formula is C13H9ClF2N2. The van der Waals surface area contributed by atoms with Gasteiger partial charge in [-0.2, -0.15) is 0 Å². The Hall–Kier alpha value is -1.81. The van der Waals surface area contributed by atoms with Crippen molar-refractivity contribution in [1.82, 2.24) is 9.97 Å². The van der Waals surface area contributed by atoms with E-state index in [1.807, 2.05) is 0 Å². The number of aryl methyl sites for hydroxylation is 1. The first-order chi connectivity index (χ1) is 8.54. The number of nitrogens with zero attached hydrogens (tertiary/aromatic N) is 2. The third-order valence-corrected chi connectivity index (χ3v) is 2.40. The lowest BCUT2D eigenvalue weighted by atomic mass is 10.2. The van der Waals surface area contributed by atoms with Crippen LogP contribution in [0.3, 0.4) is 0 Å². The van der Waals surface area contributed by atoms with Crippen molar-refractivity contribution in [3.05, 3.63) is 58.1 Å². The molecule has 0 unspecified atom stereocenters. The molecular weight excluding hydrogens is 258 g/mol. The SMILES string of the molecule is Cc1cc(Cl)nc(C=Cc2ccc(F)c(F)c2)n1. The fourth-order valence-electron chi connectivity index (χ4n) is 1.41. The molecule has 1 aromatic carbocycles. The molecule has 0 saturated carbocycles. The van der Waals surface area contributed by atoms with Gasteiger partial charge in [0.25, 0.3) is 0 Å². The van der Waals surface area contributed by atoms with E-state index < -0.39 is 11.6 Å². The van der Waals surface area contributed by atoms with Crippen LogP contribution in [0.2, 0.25) is 5.15 Å². The molecule has 0 N–H and O–H groups in total. The zero-order chi connectivity index (χ0) is 13.1. The highest BCUT2D eigenvalue weighted by Crippen LogP contribution is 2.12. The normalized spacial score (nSPS) is 11.1. The van der Waals surface area contributed by atoms with E-state index in [0.29, 0.717) is 16.5 Å². The molecule has 0 amide bonds. The monoisotopic (exact) mass is 266 g/mol. The maximum Gasteiger partial charge on any atom is 0.159 e. The molecule has 18 heavy (non-hydrogen) atoms. The van der Waals surface area contributed by atoms with Gasteiger partial charge < -0.3 is 0 Å². The summed E-state index contributed by atoms with van der Waals surface area (Å²) in [5, 5.41) is 0.340. The standard InChI is InChI=1S/C13H9ClF2N2/c1-8-6-12(14)18-13(17-8)5-3-9-2-4-10(15)11(16)7-9/h2-7H,1H3. The van der Waals surface area contributed by atoms with Gasteiger partial charge >= 0.3 is 0 Å². The van der Waals surface area contributed by atoms with Gasteiger partial charge in [-0.3, -0.25) is 0 Å². The second kappa shape index (κ2) is 5.23. The second-order valence-corrected chi connectivity index (χ2v) is 4.08. The summed E-state index contributed by atoms with van der Waals surface area (Å²) < 4.78 is 25.7. The van der Waals surface area contributed by atoms with E-state index in [4.69, 9.17) is 11.6 Å². The van der Waals surface area contributed by atoms with Crippen molar-refractivity contribution in [2.75, 3.05) is 0 Å². The Morgan fingerprint density at radius 2 is 1.83 bits per heavy atom. The van der Waals surface area contributed by atoms with E-state index in [1.54, 1.807) is 25.1 Å². The van der Waals surface area contributed by atoms with Crippen LogP contribution in [0.1, 0.15) is 17.1 Å². The third kappa shape index (κ3) is 3.11. The van der Waals surface area contributed by atoms with Crippen molar-refractivity contribution in [1.29, 1.82) is 0 Å². The average molecular weight is 267 g/mol. The van der Waals surface area contributed by atoms with Gasteiger partial charge in [-0.25, -0.2) is 18.7 Å². The molecule has 0 spiro atoms. The van der Waals surface area contributed by atoms with Gasteiger partial charge in [-0.05, 0) is 36.8 Å². The van der Waals surface area contributed by atoms with Crippen LogP contribution in [0.5, 0.6) is 0 Å². The van der Waals surface area contributed by atoms with Crippen molar-refractivity contribution in [2.24, 2.45) is 0 Å². The van der Waals surface area contributed by atoms with Crippen LogP contribution in [0.4, 0.5) is 8.78 Å². The summed E-state index contributed by atoms with van der Waals surface area (Å²) in [5.74, 6) is -1.34. The Labute approximate surface area is 108 Å². The highest BCUT2D eigenvalue weighted by atomic mass is 35.5. The van der Waals surface area contributed by atoms with Gasteiger partial charge in [-0.15, -0.1) is 0 Å². The maximum atomic E-state index is 13.0.